The molecule has 0 aromatic carbocycles. The first-order chi connectivity index (χ1) is 7.61. The van der Waals surface area contributed by atoms with Crippen molar-refractivity contribution in [2.24, 2.45) is 5.84 Å². The Morgan fingerprint density at radius 3 is 2.94 bits per heavy atom. The molecule has 1 rings (SSSR count). The number of ether oxygens (including phenoxy) is 1. The molecule has 0 radical (unpaired) electrons. The van der Waals surface area contributed by atoms with Crippen LogP contribution in [0.15, 0.2) is 18.3 Å². The number of hydrogen-bond acceptors (Lipinski definition) is 4. The van der Waals surface area contributed by atoms with E-state index >= 15 is 0 Å². The van der Waals surface area contributed by atoms with Crippen LogP contribution in [0.4, 0.5) is 0 Å². The van der Waals surface area contributed by atoms with Crippen molar-refractivity contribution >= 4 is 5.91 Å². The van der Waals surface area contributed by atoms with Gasteiger partial charge >= 0.3 is 0 Å². The quantitative estimate of drug-likeness (QED) is 0.442. The normalized spacial score (nSPS) is 11.9. The maximum atomic E-state index is 10.9. The minimum absolute atomic E-state index is 0.0400. The number of nitrogens with zero attached hydrogens (tertiary/aromatic N) is 1. The summed E-state index contributed by atoms with van der Waals surface area (Å²) in [5, 5.41) is 0. The third-order valence-corrected chi connectivity index (χ3v) is 2.16. The number of amides is 1. The van der Waals surface area contributed by atoms with Crippen LogP contribution in [0.3, 0.4) is 0 Å². The fourth-order valence-electron chi connectivity index (χ4n) is 1.22. The van der Waals surface area contributed by atoms with Crippen LogP contribution in [0, 0.1) is 6.92 Å². The van der Waals surface area contributed by atoms with Crippen LogP contribution < -0.4 is 16.0 Å². The molecule has 1 heterocycles. The van der Waals surface area contributed by atoms with Gasteiger partial charge in [0.15, 0.2) is 0 Å². The van der Waals surface area contributed by atoms with Crippen LogP contribution in [0.2, 0.25) is 0 Å². The molecule has 1 amide bonds. The summed E-state index contributed by atoms with van der Waals surface area (Å²) in [6, 6.07) is 3.75. The zero-order valence-corrected chi connectivity index (χ0v) is 9.56. The van der Waals surface area contributed by atoms with E-state index in [-0.39, 0.29) is 12.0 Å². The number of nitrogens with two attached hydrogens (primary N) is 1. The van der Waals surface area contributed by atoms with Gasteiger partial charge in [0.05, 0.1) is 12.3 Å². The molecule has 5 heteroatoms. The maximum absolute atomic E-state index is 10.9. The Hall–Kier alpha value is -1.62. The third-order valence-electron chi connectivity index (χ3n) is 2.16. The largest absolute Gasteiger partial charge is 0.489 e. The summed E-state index contributed by atoms with van der Waals surface area (Å²) in [5.41, 5.74) is 3.03. The second-order valence-electron chi connectivity index (χ2n) is 3.67. The van der Waals surface area contributed by atoms with Gasteiger partial charge in [0, 0.05) is 12.1 Å². The first kappa shape index (κ1) is 12.4. The Balaban J connectivity index is 2.36. The van der Waals surface area contributed by atoms with Gasteiger partial charge < -0.3 is 4.74 Å². The van der Waals surface area contributed by atoms with E-state index in [2.05, 4.69) is 10.4 Å². The number of pyridine rings is 1. The number of nitrogens with one attached hydrogen (secondary N) is 1. The Bertz CT molecular complexity index is 338. The molecule has 5 nitrogen and oxygen atoms in total. The van der Waals surface area contributed by atoms with Crippen molar-refractivity contribution in [2.45, 2.75) is 32.8 Å². The van der Waals surface area contributed by atoms with E-state index in [4.69, 9.17) is 10.6 Å². The summed E-state index contributed by atoms with van der Waals surface area (Å²) in [6.45, 7) is 3.82. The summed E-state index contributed by atoms with van der Waals surface area (Å²) >= 11 is 0. The highest BCUT2D eigenvalue weighted by atomic mass is 16.5. The lowest BCUT2D eigenvalue weighted by molar-refractivity contribution is -0.121. The number of carbonyl (C=O) groups excluding carboxylic acids is 1. The van der Waals surface area contributed by atoms with Crippen molar-refractivity contribution in [1.29, 1.82) is 0 Å². The number of rotatable bonds is 5. The van der Waals surface area contributed by atoms with Gasteiger partial charge in [-0.1, -0.05) is 0 Å². The molecule has 0 saturated carbocycles. The lowest BCUT2D eigenvalue weighted by atomic mass is 10.2. The molecule has 1 atom stereocenters. The SMILES string of the molecule is Cc1ccc(OC(C)CCC(=O)NN)cn1. The van der Waals surface area contributed by atoms with Gasteiger partial charge in [0.1, 0.15) is 5.75 Å². The molecule has 0 aliphatic carbocycles. The lowest BCUT2D eigenvalue weighted by Gasteiger charge is -2.13. The average molecular weight is 223 g/mol. The van der Waals surface area contributed by atoms with E-state index in [1.54, 1.807) is 6.20 Å². The van der Waals surface area contributed by atoms with Crippen molar-refractivity contribution in [3.8, 4) is 5.75 Å². The van der Waals surface area contributed by atoms with Gasteiger partial charge in [-0.2, -0.15) is 0 Å². The average Bonchev–Trinajstić information content (AvgIpc) is 2.29. The van der Waals surface area contributed by atoms with Crippen LogP contribution in [0.5, 0.6) is 5.75 Å². The van der Waals surface area contributed by atoms with Crippen molar-refractivity contribution in [1.82, 2.24) is 10.4 Å². The molecular weight excluding hydrogens is 206 g/mol. The third kappa shape index (κ3) is 4.27. The van der Waals surface area contributed by atoms with Gasteiger partial charge in [-0.25, -0.2) is 5.84 Å². The predicted molar refractivity (Wildman–Crippen MR) is 60.6 cm³/mol. The monoisotopic (exact) mass is 223 g/mol. The molecule has 0 bridgehead atoms. The number of carbonyl (C=O) groups is 1. The molecule has 0 saturated heterocycles. The molecule has 88 valence electrons. The highest BCUT2D eigenvalue weighted by Crippen LogP contribution is 2.12. The van der Waals surface area contributed by atoms with E-state index in [9.17, 15) is 4.79 Å². The molecule has 3 N–H and O–H groups in total. The fraction of sp³-hybridized carbons (Fsp3) is 0.455. The molecule has 0 aliphatic rings. The van der Waals surface area contributed by atoms with Crippen LogP contribution in [-0.2, 0) is 4.79 Å². The summed E-state index contributed by atoms with van der Waals surface area (Å²) in [5.74, 6) is 5.51. The lowest BCUT2D eigenvalue weighted by Crippen LogP contribution is -2.30. The van der Waals surface area contributed by atoms with Crippen molar-refractivity contribution in [2.75, 3.05) is 0 Å². The Morgan fingerprint density at radius 2 is 2.38 bits per heavy atom. The van der Waals surface area contributed by atoms with Gasteiger partial charge in [-0.3, -0.25) is 15.2 Å². The molecule has 16 heavy (non-hydrogen) atoms. The van der Waals surface area contributed by atoms with Crippen LogP contribution in [0.25, 0.3) is 0 Å². The summed E-state index contributed by atoms with van der Waals surface area (Å²) in [7, 11) is 0. The maximum Gasteiger partial charge on any atom is 0.234 e. The molecule has 0 spiro atoms. The Labute approximate surface area is 95.0 Å². The van der Waals surface area contributed by atoms with E-state index in [1.165, 1.54) is 0 Å². The topological polar surface area (TPSA) is 77.2 Å². The summed E-state index contributed by atoms with van der Waals surface area (Å²) in [4.78, 5) is 15.0. The number of hydrazine groups is 1. The van der Waals surface area contributed by atoms with Crippen molar-refractivity contribution in [3.63, 3.8) is 0 Å². The van der Waals surface area contributed by atoms with Crippen LogP contribution in [-0.4, -0.2) is 17.0 Å². The van der Waals surface area contributed by atoms with Gasteiger partial charge in [-0.15, -0.1) is 0 Å². The zero-order chi connectivity index (χ0) is 12.0. The van der Waals surface area contributed by atoms with Crippen LogP contribution >= 0.6 is 0 Å². The molecule has 1 aromatic heterocycles. The Kier molecular flexibility index (Phi) is 4.72. The summed E-state index contributed by atoms with van der Waals surface area (Å²) in [6.07, 6.45) is 2.62. The number of hydrogen-bond donors (Lipinski definition) is 2. The van der Waals surface area contributed by atoms with E-state index < -0.39 is 0 Å². The first-order valence-electron chi connectivity index (χ1n) is 5.20. The first-order valence-corrected chi connectivity index (χ1v) is 5.20. The minimum atomic E-state index is -0.183. The van der Waals surface area contributed by atoms with Crippen molar-refractivity contribution in [3.05, 3.63) is 24.0 Å². The molecule has 1 unspecified atom stereocenters. The summed E-state index contributed by atoms with van der Waals surface area (Å²) < 4.78 is 5.58. The highest BCUT2D eigenvalue weighted by Gasteiger charge is 2.07. The van der Waals surface area contributed by atoms with E-state index in [0.717, 1.165) is 5.69 Å². The molecule has 0 aliphatic heterocycles. The van der Waals surface area contributed by atoms with Gasteiger partial charge in [-0.05, 0) is 32.4 Å². The van der Waals surface area contributed by atoms with E-state index in [0.29, 0.717) is 18.6 Å². The van der Waals surface area contributed by atoms with E-state index in [1.807, 2.05) is 26.0 Å². The Morgan fingerprint density at radius 1 is 1.62 bits per heavy atom. The molecule has 0 fully saturated rings. The molecule has 1 aromatic rings. The number of aryl methyl sites for hydroxylation is 1. The standard InChI is InChI=1S/C11H17N3O2/c1-8-3-5-10(7-13-8)16-9(2)4-6-11(15)14-12/h3,5,7,9H,4,6,12H2,1-2H3,(H,14,15). The highest BCUT2D eigenvalue weighted by molar-refractivity contribution is 5.75. The number of aromatic nitrogens is 1. The van der Waals surface area contributed by atoms with Gasteiger partial charge in [0.2, 0.25) is 5.91 Å². The zero-order valence-electron chi connectivity index (χ0n) is 9.56. The predicted octanol–water partition coefficient (Wildman–Crippen LogP) is 0.927. The second-order valence-corrected chi connectivity index (χ2v) is 3.67. The fourth-order valence-corrected chi connectivity index (χ4v) is 1.22. The minimum Gasteiger partial charge on any atom is -0.489 e. The van der Waals surface area contributed by atoms with Crippen LogP contribution in [0.1, 0.15) is 25.5 Å². The van der Waals surface area contributed by atoms with Gasteiger partial charge in [0.25, 0.3) is 0 Å². The second kappa shape index (κ2) is 6.07. The van der Waals surface area contributed by atoms with Crippen molar-refractivity contribution < 1.29 is 9.53 Å². The smallest absolute Gasteiger partial charge is 0.234 e. The molecular formula is C11H17N3O2.